The molecule has 4 aliphatic carbocycles. The lowest BCUT2D eigenvalue weighted by atomic mass is 9.26. The van der Waals surface area contributed by atoms with Gasteiger partial charge in [0.15, 0.2) is 0 Å². The van der Waals surface area contributed by atoms with Crippen LogP contribution in [0.2, 0.25) is 0 Å². The van der Waals surface area contributed by atoms with Gasteiger partial charge >= 0.3 is 0 Å². The Hall–Kier alpha value is 0. The van der Waals surface area contributed by atoms with Gasteiger partial charge in [0, 0.05) is 0 Å². The first kappa shape index (κ1) is 9.24. The molecule has 0 amide bonds. The van der Waals surface area contributed by atoms with E-state index in [1.165, 1.54) is 12.8 Å². The van der Waals surface area contributed by atoms with Gasteiger partial charge in [0.2, 0.25) is 0 Å². The molecular formula is C14H24. The first-order valence-corrected chi connectivity index (χ1v) is 6.68. The minimum absolute atomic E-state index is 0.805. The number of hydrogen-bond donors (Lipinski definition) is 0. The Bertz CT molecular complexity index is 210. The fraction of sp³-hybridized carbons (Fsp3) is 1.00. The van der Waals surface area contributed by atoms with E-state index in [1.54, 1.807) is 19.3 Å². The van der Waals surface area contributed by atoms with Crippen molar-refractivity contribution in [2.75, 3.05) is 0 Å². The molecule has 0 aromatic heterocycles. The van der Waals surface area contributed by atoms with Crippen molar-refractivity contribution in [2.45, 2.75) is 52.9 Å². The average Bonchev–Trinajstić information content (AvgIpc) is 2.68. The molecule has 0 aromatic carbocycles. The third-order valence-corrected chi connectivity index (χ3v) is 6.39. The Balaban J connectivity index is 1.70. The fourth-order valence-corrected chi connectivity index (χ4v) is 5.53. The van der Waals surface area contributed by atoms with E-state index in [9.17, 15) is 0 Å². The Morgan fingerprint density at radius 2 is 1.43 bits per heavy atom. The van der Waals surface area contributed by atoms with E-state index in [0.29, 0.717) is 0 Å². The molecule has 0 aromatic rings. The van der Waals surface area contributed by atoms with Gasteiger partial charge in [-0.2, -0.15) is 0 Å². The summed E-state index contributed by atoms with van der Waals surface area (Å²) < 4.78 is 0. The third kappa shape index (κ3) is 0.823. The Kier molecular flexibility index (Phi) is 1.83. The second kappa shape index (κ2) is 2.77. The van der Waals surface area contributed by atoms with Gasteiger partial charge in [0.25, 0.3) is 0 Å². The second-order valence-electron chi connectivity index (χ2n) is 6.41. The van der Waals surface area contributed by atoms with Crippen molar-refractivity contribution in [3.63, 3.8) is 0 Å². The summed E-state index contributed by atoms with van der Waals surface area (Å²) in [7, 11) is 0. The van der Waals surface area contributed by atoms with E-state index in [-0.39, 0.29) is 0 Å². The maximum absolute atomic E-state index is 2.51. The number of hydrogen-bond acceptors (Lipinski definition) is 0. The molecule has 0 heteroatoms. The largest absolute Gasteiger partial charge is 0.0617 e. The van der Waals surface area contributed by atoms with E-state index in [4.69, 9.17) is 0 Å². The van der Waals surface area contributed by atoms with Crippen molar-refractivity contribution in [3.05, 3.63) is 0 Å². The van der Waals surface area contributed by atoms with Crippen LogP contribution in [0.3, 0.4) is 0 Å². The third-order valence-electron chi connectivity index (χ3n) is 6.39. The summed E-state index contributed by atoms with van der Waals surface area (Å²) in [5.41, 5.74) is 0.805. The van der Waals surface area contributed by atoms with Crippen LogP contribution < -0.4 is 0 Å². The zero-order valence-electron chi connectivity index (χ0n) is 9.92. The molecule has 0 nitrogen and oxygen atoms in total. The lowest BCUT2D eigenvalue weighted by Gasteiger charge is -2.78. The van der Waals surface area contributed by atoms with Crippen LogP contribution in [0, 0.1) is 35.0 Å². The van der Waals surface area contributed by atoms with Gasteiger partial charge in [0.1, 0.15) is 0 Å². The fourth-order valence-electron chi connectivity index (χ4n) is 5.53. The highest BCUT2D eigenvalue weighted by Gasteiger charge is 2.73. The smallest absolute Gasteiger partial charge is 0.0209 e. The van der Waals surface area contributed by atoms with Crippen molar-refractivity contribution in [3.8, 4) is 0 Å². The SMILES string of the molecule is CC1C2C(C)C1(CC1CCCC1)C2C. The van der Waals surface area contributed by atoms with Crippen molar-refractivity contribution >= 4 is 0 Å². The van der Waals surface area contributed by atoms with Crippen molar-refractivity contribution in [2.24, 2.45) is 35.0 Å². The minimum atomic E-state index is 0.805. The summed E-state index contributed by atoms with van der Waals surface area (Å²) in [4.78, 5) is 0. The number of rotatable bonds is 2. The van der Waals surface area contributed by atoms with Crippen LogP contribution in [0.5, 0.6) is 0 Å². The van der Waals surface area contributed by atoms with Gasteiger partial charge in [-0.05, 0) is 41.4 Å². The van der Waals surface area contributed by atoms with Crippen LogP contribution in [0.4, 0.5) is 0 Å². The maximum atomic E-state index is 2.51. The molecule has 80 valence electrons. The van der Waals surface area contributed by atoms with Gasteiger partial charge < -0.3 is 0 Å². The molecule has 14 heavy (non-hydrogen) atoms. The molecule has 4 saturated carbocycles. The first-order valence-electron chi connectivity index (χ1n) is 6.68. The molecule has 2 bridgehead atoms. The zero-order chi connectivity index (χ0) is 9.92. The zero-order valence-corrected chi connectivity index (χ0v) is 9.92. The Morgan fingerprint density at radius 3 is 1.86 bits per heavy atom. The average molecular weight is 192 g/mol. The molecule has 3 unspecified atom stereocenters. The summed E-state index contributed by atoms with van der Waals surface area (Å²) in [5, 5.41) is 0. The molecule has 3 atom stereocenters. The molecular weight excluding hydrogens is 168 g/mol. The van der Waals surface area contributed by atoms with Gasteiger partial charge in [-0.1, -0.05) is 46.5 Å². The predicted octanol–water partition coefficient (Wildman–Crippen LogP) is 4.10. The van der Waals surface area contributed by atoms with Gasteiger partial charge in [-0.3, -0.25) is 0 Å². The molecule has 4 aliphatic rings. The van der Waals surface area contributed by atoms with Crippen LogP contribution in [-0.4, -0.2) is 0 Å². The summed E-state index contributed by atoms with van der Waals surface area (Å²) in [6, 6.07) is 0. The van der Waals surface area contributed by atoms with Crippen LogP contribution >= 0.6 is 0 Å². The van der Waals surface area contributed by atoms with Crippen molar-refractivity contribution < 1.29 is 0 Å². The van der Waals surface area contributed by atoms with E-state index in [2.05, 4.69) is 20.8 Å². The topological polar surface area (TPSA) is 0 Å². The van der Waals surface area contributed by atoms with Crippen LogP contribution in [0.15, 0.2) is 0 Å². The van der Waals surface area contributed by atoms with Crippen LogP contribution in [0.1, 0.15) is 52.9 Å². The Morgan fingerprint density at radius 1 is 0.929 bits per heavy atom. The minimum Gasteiger partial charge on any atom is -0.0617 e. The molecule has 0 aliphatic heterocycles. The maximum Gasteiger partial charge on any atom is -0.0209 e. The highest BCUT2D eigenvalue weighted by molar-refractivity contribution is 5.20. The highest BCUT2D eigenvalue weighted by Crippen LogP contribution is 2.78. The molecule has 0 saturated heterocycles. The summed E-state index contributed by atoms with van der Waals surface area (Å²) in [5.74, 6) is 5.38. The molecule has 0 heterocycles. The quantitative estimate of drug-likeness (QED) is 0.618. The van der Waals surface area contributed by atoms with Crippen molar-refractivity contribution in [1.82, 2.24) is 0 Å². The molecule has 0 N–H and O–H groups in total. The normalized spacial score (nSPS) is 56.8. The monoisotopic (exact) mass is 192 g/mol. The van der Waals surface area contributed by atoms with E-state index >= 15 is 0 Å². The van der Waals surface area contributed by atoms with Crippen LogP contribution in [-0.2, 0) is 0 Å². The lowest BCUT2D eigenvalue weighted by Crippen LogP contribution is -2.74. The van der Waals surface area contributed by atoms with Gasteiger partial charge in [0.05, 0.1) is 0 Å². The van der Waals surface area contributed by atoms with Gasteiger partial charge in [-0.25, -0.2) is 0 Å². The molecule has 4 rings (SSSR count). The first-order chi connectivity index (χ1) is 6.68. The predicted molar refractivity (Wildman–Crippen MR) is 60.0 cm³/mol. The highest BCUT2D eigenvalue weighted by atomic mass is 14.8. The summed E-state index contributed by atoms with van der Waals surface area (Å²) >= 11 is 0. The standard InChI is InChI=1S/C14H24/c1-9-13-10(2)14(9,11(13)3)8-12-6-4-5-7-12/h9-13H,4-8H2,1-3H3. The van der Waals surface area contributed by atoms with E-state index < -0.39 is 0 Å². The summed E-state index contributed by atoms with van der Waals surface area (Å²) in [6.45, 7) is 7.54. The van der Waals surface area contributed by atoms with Crippen molar-refractivity contribution in [1.29, 1.82) is 0 Å². The van der Waals surface area contributed by atoms with Crippen LogP contribution in [0.25, 0.3) is 0 Å². The summed E-state index contributed by atoms with van der Waals surface area (Å²) in [6.07, 6.45) is 7.69. The molecule has 0 spiro atoms. The van der Waals surface area contributed by atoms with Gasteiger partial charge in [-0.15, -0.1) is 0 Å². The molecule has 4 fully saturated rings. The van der Waals surface area contributed by atoms with E-state index in [0.717, 1.165) is 35.0 Å². The molecule has 0 radical (unpaired) electrons. The second-order valence-corrected chi connectivity index (χ2v) is 6.41. The Labute approximate surface area is 88.5 Å². The lowest BCUT2D eigenvalue weighted by molar-refractivity contribution is -0.311. The van der Waals surface area contributed by atoms with E-state index in [1.807, 2.05) is 0 Å².